The van der Waals surface area contributed by atoms with Gasteiger partial charge in [-0.1, -0.05) is 4.85 Å². The van der Waals surface area contributed by atoms with Crippen LogP contribution in [0.25, 0.3) is 11.3 Å². The highest BCUT2D eigenvalue weighted by molar-refractivity contribution is 5.63. The van der Waals surface area contributed by atoms with E-state index in [1.807, 2.05) is 0 Å². The number of hydrogen-bond donors (Lipinski definition) is 2. The summed E-state index contributed by atoms with van der Waals surface area (Å²) in [7, 11) is 0. The number of ether oxygens (including phenoxy) is 2. The van der Waals surface area contributed by atoms with E-state index in [4.69, 9.17) is 10.1 Å². The van der Waals surface area contributed by atoms with Crippen LogP contribution in [0.15, 0.2) is 30.3 Å². The van der Waals surface area contributed by atoms with Crippen molar-refractivity contribution in [2.75, 3.05) is 6.61 Å². The lowest BCUT2D eigenvalue weighted by molar-refractivity contribution is -0.0515. The topological polar surface area (TPSA) is 80.4 Å². The number of alkyl halides is 2. The Hall–Kier alpha value is -2.64. The van der Waals surface area contributed by atoms with Gasteiger partial charge in [-0.3, -0.25) is 5.41 Å². The largest absolute Gasteiger partial charge is 0.489 e. The fraction of sp³-hybridized carbons (Fsp3) is 0.333. The van der Waals surface area contributed by atoms with Gasteiger partial charge in [0.1, 0.15) is 0 Å². The van der Waals surface area contributed by atoms with Crippen molar-refractivity contribution in [1.29, 1.82) is 5.41 Å². The highest BCUT2D eigenvalue weighted by Crippen LogP contribution is 2.35. The van der Waals surface area contributed by atoms with Gasteiger partial charge < -0.3 is 14.7 Å². The lowest BCUT2D eigenvalue weighted by atomic mass is 10.1. The molecule has 6 nitrogen and oxygen atoms in total. The van der Waals surface area contributed by atoms with E-state index in [0.717, 1.165) is 12.8 Å². The Morgan fingerprint density at radius 2 is 2.04 bits per heavy atom. The number of halogens is 2. The Morgan fingerprint density at radius 1 is 1.26 bits per heavy atom. The minimum atomic E-state index is -2.94. The van der Waals surface area contributed by atoms with E-state index in [0.29, 0.717) is 28.6 Å². The van der Waals surface area contributed by atoms with Gasteiger partial charge in [0.05, 0.1) is 12.3 Å². The number of benzene rings is 1. The smallest absolute Gasteiger partial charge is 0.387 e. The molecule has 0 radical (unpaired) electrons. The van der Waals surface area contributed by atoms with Crippen LogP contribution >= 0.6 is 0 Å². The predicted octanol–water partition coefficient (Wildman–Crippen LogP) is 2.66. The molecular weight excluding hydrogens is 308 g/mol. The standard InChI is InChI=1S/C15H15F2N3O3/c16-15(17)23-12-5-3-10(7-13(12)22-8-9-1-2-9)11-4-6-14(18)20(21)19-11/h3-7,9,15,18,21H,1-2,8H2. The fourth-order valence-electron chi connectivity index (χ4n) is 2.03. The van der Waals surface area contributed by atoms with E-state index in [9.17, 15) is 14.0 Å². The van der Waals surface area contributed by atoms with Gasteiger partial charge in [-0.2, -0.15) is 8.78 Å². The van der Waals surface area contributed by atoms with Gasteiger partial charge in [0, 0.05) is 5.56 Å². The molecule has 2 N–H and O–H groups in total. The van der Waals surface area contributed by atoms with E-state index >= 15 is 0 Å². The summed E-state index contributed by atoms with van der Waals surface area (Å²) in [5, 5.41) is 20.6. The van der Waals surface area contributed by atoms with Crippen LogP contribution in [-0.2, 0) is 0 Å². The molecule has 0 amide bonds. The molecule has 1 aromatic carbocycles. The number of rotatable bonds is 6. The van der Waals surface area contributed by atoms with Gasteiger partial charge in [-0.15, -0.1) is 5.10 Å². The Morgan fingerprint density at radius 3 is 2.70 bits per heavy atom. The van der Waals surface area contributed by atoms with Crippen LogP contribution in [0.3, 0.4) is 0 Å². The molecule has 8 heteroatoms. The molecule has 122 valence electrons. The van der Waals surface area contributed by atoms with Crippen molar-refractivity contribution in [2.24, 2.45) is 5.92 Å². The Balaban J connectivity index is 1.91. The van der Waals surface area contributed by atoms with Gasteiger partial charge in [-0.05, 0) is 49.1 Å². The number of nitrogens with one attached hydrogen (secondary N) is 1. The van der Waals surface area contributed by atoms with Gasteiger partial charge in [0.25, 0.3) is 0 Å². The van der Waals surface area contributed by atoms with Crippen molar-refractivity contribution in [3.63, 3.8) is 0 Å². The van der Waals surface area contributed by atoms with Crippen LogP contribution in [-0.4, -0.2) is 28.4 Å². The Kier molecular flexibility index (Phi) is 4.14. The molecule has 0 atom stereocenters. The second-order valence-electron chi connectivity index (χ2n) is 5.29. The number of aromatic nitrogens is 2. The van der Waals surface area contributed by atoms with Crippen molar-refractivity contribution >= 4 is 0 Å². The molecular formula is C15H15F2N3O3. The zero-order chi connectivity index (χ0) is 16.4. The third-order valence-electron chi connectivity index (χ3n) is 3.44. The van der Waals surface area contributed by atoms with Crippen molar-refractivity contribution in [3.05, 3.63) is 35.8 Å². The highest BCUT2D eigenvalue weighted by atomic mass is 19.3. The highest BCUT2D eigenvalue weighted by Gasteiger charge is 2.23. The normalized spacial score (nSPS) is 14.0. The monoisotopic (exact) mass is 323 g/mol. The molecule has 0 aliphatic heterocycles. The zero-order valence-corrected chi connectivity index (χ0v) is 12.1. The molecule has 0 spiro atoms. The second kappa shape index (κ2) is 6.23. The summed E-state index contributed by atoms with van der Waals surface area (Å²) in [6.45, 7) is -2.49. The SMILES string of the molecule is N=c1ccc(-c2ccc(OC(F)F)c(OCC3CC3)c2)nn1O. The van der Waals surface area contributed by atoms with Crippen LogP contribution < -0.4 is 15.0 Å². The summed E-state index contributed by atoms with van der Waals surface area (Å²) < 4.78 is 35.0. The summed E-state index contributed by atoms with van der Waals surface area (Å²) in [5.41, 5.74) is 0.764. The van der Waals surface area contributed by atoms with Crippen LogP contribution in [0.5, 0.6) is 11.5 Å². The number of nitrogens with zero attached hydrogens (tertiary/aromatic N) is 2. The molecule has 0 bridgehead atoms. The zero-order valence-electron chi connectivity index (χ0n) is 12.1. The quantitative estimate of drug-likeness (QED) is 0.801. The maximum absolute atomic E-state index is 12.5. The molecule has 0 unspecified atom stereocenters. The molecule has 23 heavy (non-hydrogen) atoms. The van der Waals surface area contributed by atoms with Crippen LogP contribution in [0.4, 0.5) is 8.78 Å². The maximum Gasteiger partial charge on any atom is 0.387 e. The molecule has 3 rings (SSSR count). The first-order valence-corrected chi connectivity index (χ1v) is 7.09. The van der Waals surface area contributed by atoms with Crippen molar-refractivity contribution < 1.29 is 23.5 Å². The van der Waals surface area contributed by atoms with Gasteiger partial charge >= 0.3 is 6.61 Å². The fourth-order valence-corrected chi connectivity index (χ4v) is 2.03. The lowest BCUT2D eigenvalue weighted by Crippen LogP contribution is -2.19. The van der Waals surface area contributed by atoms with Crippen molar-refractivity contribution in [2.45, 2.75) is 19.5 Å². The van der Waals surface area contributed by atoms with Crippen molar-refractivity contribution in [3.8, 4) is 22.8 Å². The first kappa shape index (κ1) is 15.3. The number of hydrogen-bond acceptors (Lipinski definition) is 5. The summed E-state index contributed by atoms with van der Waals surface area (Å²) in [4.78, 5) is 0.434. The lowest BCUT2D eigenvalue weighted by Gasteiger charge is -2.13. The van der Waals surface area contributed by atoms with E-state index in [1.165, 1.54) is 24.3 Å². The first-order chi connectivity index (χ1) is 11.0. The summed E-state index contributed by atoms with van der Waals surface area (Å²) in [5.74, 6) is 0.618. The molecule has 1 aliphatic rings. The average molecular weight is 323 g/mol. The average Bonchev–Trinajstić information content (AvgIpc) is 3.33. The van der Waals surface area contributed by atoms with Crippen LogP contribution in [0.1, 0.15) is 12.8 Å². The maximum atomic E-state index is 12.5. The predicted molar refractivity (Wildman–Crippen MR) is 75.6 cm³/mol. The minimum Gasteiger partial charge on any atom is -0.489 e. The van der Waals surface area contributed by atoms with Crippen LogP contribution in [0, 0.1) is 11.3 Å². The molecule has 1 aromatic heterocycles. The third kappa shape index (κ3) is 3.77. The molecule has 1 fully saturated rings. The molecule has 0 saturated heterocycles. The van der Waals surface area contributed by atoms with Crippen LogP contribution in [0.2, 0.25) is 0 Å². The van der Waals surface area contributed by atoms with Gasteiger partial charge in [0.2, 0.25) is 0 Å². The van der Waals surface area contributed by atoms with E-state index < -0.39 is 6.61 Å². The second-order valence-corrected chi connectivity index (χ2v) is 5.29. The summed E-state index contributed by atoms with van der Waals surface area (Å²) in [6.07, 6.45) is 2.14. The van der Waals surface area contributed by atoms with E-state index in [-0.39, 0.29) is 17.0 Å². The van der Waals surface area contributed by atoms with Gasteiger partial charge in [0.15, 0.2) is 17.0 Å². The Labute approximate surface area is 130 Å². The first-order valence-electron chi connectivity index (χ1n) is 7.09. The third-order valence-corrected chi connectivity index (χ3v) is 3.44. The van der Waals surface area contributed by atoms with Crippen molar-refractivity contribution in [1.82, 2.24) is 9.94 Å². The van der Waals surface area contributed by atoms with E-state index in [2.05, 4.69) is 9.84 Å². The summed E-state index contributed by atoms with van der Waals surface area (Å²) >= 11 is 0. The molecule has 1 aliphatic carbocycles. The summed E-state index contributed by atoms with van der Waals surface area (Å²) in [6, 6.07) is 7.36. The van der Waals surface area contributed by atoms with Gasteiger partial charge in [-0.25, -0.2) is 0 Å². The molecule has 2 aromatic rings. The Bertz CT molecular complexity index is 760. The molecule has 1 heterocycles. The molecule has 1 saturated carbocycles. The minimum absolute atomic E-state index is 0.0432. The van der Waals surface area contributed by atoms with E-state index in [1.54, 1.807) is 6.07 Å².